The van der Waals surface area contributed by atoms with Crippen LogP contribution in [-0.2, 0) is 4.79 Å². The summed E-state index contributed by atoms with van der Waals surface area (Å²) in [5, 5.41) is 20.6. The van der Waals surface area contributed by atoms with Crippen LogP contribution in [0.25, 0.3) is 0 Å². The van der Waals surface area contributed by atoms with Crippen molar-refractivity contribution in [3.63, 3.8) is 0 Å². The molecule has 0 radical (unpaired) electrons. The van der Waals surface area contributed by atoms with Crippen molar-refractivity contribution in [1.29, 1.82) is 5.26 Å². The molecule has 1 amide bonds. The Hall–Kier alpha value is -1.12. The molecule has 0 unspecified atom stereocenters. The molecule has 0 bridgehead atoms. The fourth-order valence-electron chi connectivity index (χ4n) is 1.34. The Morgan fingerprint density at radius 3 is 2.62 bits per heavy atom. The Morgan fingerprint density at radius 1 is 1.56 bits per heavy atom. The summed E-state index contributed by atoms with van der Waals surface area (Å²) in [5.74, 6) is -0.110. The van der Waals surface area contributed by atoms with Crippen molar-refractivity contribution in [3.05, 3.63) is 0 Å². The highest BCUT2D eigenvalue weighted by Gasteiger charge is 2.18. The molecule has 0 atom stereocenters. The number of carbonyl (C=O) groups is 1. The van der Waals surface area contributed by atoms with Crippen LogP contribution >= 0.6 is 0 Å². The lowest BCUT2D eigenvalue weighted by molar-refractivity contribution is -0.122. The number of nitriles is 1. The van der Waals surface area contributed by atoms with Crippen LogP contribution in [0.4, 0.5) is 0 Å². The molecule has 0 saturated heterocycles. The third kappa shape index (κ3) is 8.21. The van der Waals surface area contributed by atoms with E-state index >= 15 is 0 Å². The van der Waals surface area contributed by atoms with Crippen molar-refractivity contribution in [2.75, 3.05) is 26.2 Å². The molecule has 0 heterocycles. The van der Waals surface area contributed by atoms with Gasteiger partial charge in [0.2, 0.25) is 5.91 Å². The number of rotatable bonds is 7. The topological polar surface area (TPSA) is 76.4 Å². The first-order valence-corrected chi connectivity index (χ1v) is 5.47. The first-order chi connectivity index (χ1) is 7.39. The second-order valence-electron chi connectivity index (χ2n) is 4.37. The third-order valence-electron chi connectivity index (χ3n) is 1.98. The first-order valence-electron chi connectivity index (χ1n) is 5.47. The lowest BCUT2D eigenvalue weighted by Gasteiger charge is -2.27. The van der Waals surface area contributed by atoms with Crippen molar-refractivity contribution in [3.8, 4) is 6.07 Å². The smallest absolute Gasteiger partial charge is 0.234 e. The van der Waals surface area contributed by atoms with Gasteiger partial charge in [-0.3, -0.25) is 9.69 Å². The molecule has 0 fully saturated rings. The van der Waals surface area contributed by atoms with Crippen molar-refractivity contribution >= 4 is 5.91 Å². The summed E-state index contributed by atoms with van der Waals surface area (Å²) >= 11 is 0. The second-order valence-corrected chi connectivity index (χ2v) is 4.37. The maximum Gasteiger partial charge on any atom is 0.234 e. The fraction of sp³-hybridized carbons (Fsp3) is 0.818. The molecule has 0 aromatic rings. The van der Waals surface area contributed by atoms with Gasteiger partial charge in [-0.15, -0.1) is 0 Å². The highest BCUT2D eigenvalue weighted by Crippen LogP contribution is 2.03. The van der Waals surface area contributed by atoms with Gasteiger partial charge in [-0.2, -0.15) is 5.26 Å². The van der Waals surface area contributed by atoms with Crippen LogP contribution in [0.15, 0.2) is 0 Å². The number of aliphatic hydroxyl groups is 1. The normalized spacial score (nSPS) is 11.2. The molecule has 0 aliphatic rings. The standard InChI is InChI=1S/C11H21N3O2/c1-4-14(9-11(2,3)16)8-10(15)13-7-5-6-12/h16H,4-5,7-9H2,1-3H3,(H,13,15). The molecule has 0 saturated carbocycles. The highest BCUT2D eigenvalue weighted by atomic mass is 16.3. The second kappa shape index (κ2) is 7.20. The van der Waals surface area contributed by atoms with Gasteiger partial charge >= 0.3 is 0 Å². The van der Waals surface area contributed by atoms with Gasteiger partial charge in [-0.25, -0.2) is 0 Å². The molecule has 0 aliphatic carbocycles. The van der Waals surface area contributed by atoms with Gasteiger partial charge in [0.25, 0.3) is 0 Å². The number of nitrogens with zero attached hydrogens (tertiary/aromatic N) is 2. The number of likely N-dealkylation sites (N-methyl/N-ethyl adjacent to an activating group) is 1. The summed E-state index contributed by atoms with van der Waals surface area (Å²) in [6, 6.07) is 1.96. The zero-order valence-electron chi connectivity index (χ0n) is 10.3. The average Bonchev–Trinajstić information content (AvgIpc) is 2.15. The predicted molar refractivity (Wildman–Crippen MR) is 61.7 cm³/mol. The van der Waals surface area contributed by atoms with Crippen LogP contribution in [0, 0.1) is 11.3 Å². The number of hydrogen-bond donors (Lipinski definition) is 2. The molecule has 0 aromatic heterocycles. The lowest BCUT2D eigenvalue weighted by atomic mass is 10.1. The molecule has 0 aliphatic heterocycles. The summed E-state index contributed by atoms with van der Waals surface area (Å²) in [5.41, 5.74) is -0.803. The maximum absolute atomic E-state index is 11.4. The first kappa shape index (κ1) is 14.9. The maximum atomic E-state index is 11.4. The highest BCUT2D eigenvalue weighted by molar-refractivity contribution is 5.77. The summed E-state index contributed by atoms with van der Waals surface area (Å²) in [4.78, 5) is 13.3. The van der Waals surface area contributed by atoms with Gasteiger partial charge in [-0.1, -0.05) is 6.92 Å². The molecule has 0 spiro atoms. The molecule has 0 aromatic carbocycles. The zero-order chi connectivity index (χ0) is 12.6. The van der Waals surface area contributed by atoms with Gasteiger partial charge < -0.3 is 10.4 Å². The van der Waals surface area contributed by atoms with Crippen LogP contribution in [0.3, 0.4) is 0 Å². The molecular formula is C11H21N3O2. The summed E-state index contributed by atoms with van der Waals surface area (Å²) in [6.45, 7) is 7.16. The van der Waals surface area contributed by atoms with Gasteiger partial charge in [0.1, 0.15) is 0 Å². The van der Waals surface area contributed by atoms with E-state index in [1.54, 1.807) is 13.8 Å². The molecule has 16 heavy (non-hydrogen) atoms. The van der Waals surface area contributed by atoms with Crippen molar-refractivity contribution < 1.29 is 9.90 Å². The zero-order valence-corrected chi connectivity index (χ0v) is 10.3. The molecule has 92 valence electrons. The third-order valence-corrected chi connectivity index (χ3v) is 1.98. The van der Waals surface area contributed by atoms with E-state index in [4.69, 9.17) is 5.26 Å². The predicted octanol–water partition coefficient (Wildman–Crippen LogP) is 0.109. The van der Waals surface area contributed by atoms with Gasteiger partial charge in [0.15, 0.2) is 0 Å². The molecule has 2 N–H and O–H groups in total. The largest absolute Gasteiger partial charge is 0.389 e. The van der Waals surface area contributed by atoms with Crippen LogP contribution < -0.4 is 5.32 Å². The van der Waals surface area contributed by atoms with E-state index in [2.05, 4.69) is 5.32 Å². The minimum absolute atomic E-state index is 0.110. The number of hydrogen-bond acceptors (Lipinski definition) is 4. The molecule has 0 rings (SSSR count). The van der Waals surface area contributed by atoms with Crippen LogP contribution in [0.2, 0.25) is 0 Å². The molecule has 5 nitrogen and oxygen atoms in total. The average molecular weight is 227 g/mol. The Kier molecular flexibility index (Phi) is 6.70. The van der Waals surface area contributed by atoms with E-state index in [0.717, 1.165) is 0 Å². The van der Waals surface area contributed by atoms with Crippen LogP contribution in [-0.4, -0.2) is 47.7 Å². The van der Waals surface area contributed by atoms with E-state index in [-0.39, 0.29) is 12.5 Å². The monoisotopic (exact) mass is 227 g/mol. The van der Waals surface area contributed by atoms with Gasteiger partial charge in [-0.05, 0) is 20.4 Å². The molecule has 5 heteroatoms. The van der Waals surface area contributed by atoms with Crippen LogP contribution in [0.1, 0.15) is 27.2 Å². The van der Waals surface area contributed by atoms with E-state index in [1.165, 1.54) is 0 Å². The minimum atomic E-state index is -0.803. The fourth-order valence-corrected chi connectivity index (χ4v) is 1.34. The summed E-state index contributed by atoms with van der Waals surface area (Å²) in [6.07, 6.45) is 0.323. The summed E-state index contributed by atoms with van der Waals surface area (Å²) in [7, 11) is 0. The Bertz CT molecular complexity index is 253. The number of amides is 1. The van der Waals surface area contributed by atoms with E-state index in [9.17, 15) is 9.90 Å². The number of nitrogens with one attached hydrogen (secondary N) is 1. The van der Waals surface area contributed by atoms with Crippen molar-refractivity contribution in [1.82, 2.24) is 10.2 Å². The van der Waals surface area contributed by atoms with E-state index in [1.807, 2.05) is 17.9 Å². The minimum Gasteiger partial charge on any atom is -0.389 e. The Labute approximate surface area is 97.0 Å². The quantitative estimate of drug-likeness (QED) is 0.605. The van der Waals surface area contributed by atoms with Gasteiger partial charge in [0.05, 0.1) is 24.6 Å². The SMILES string of the molecule is CCN(CC(=O)NCCC#N)CC(C)(C)O. The van der Waals surface area contributed by atoms with Crippen molar-refractivity contribution in [2.45, 2.75) is 32.8 Å². The van der Waals surface area contributed by atoms with E-state index < -0.39 is 5.60 Å². The molecular weight excluding hydrogens is 206 g/mol. The van der Waals surface area contributed by atoms with E-state index in [0.29, 0.717) is 26.1 Å². The Balaban J connectivity index is 3.94. The van der Waals surface area contributed by atoms with Crippen molar-refractivity contribution in [2.24, 2.45) is 0 Å². The van der Waals surface area contributed by atoms with Gasteiger partial charge in [0, 0.05) is 13.1 Å². The number of carbonyl (C=O) groups excluding carboxylic acids is 1. The van der Waals surface area contributed by atoms with Crippen LogP contribution in [0.5, 0.6) is 0 Å². The lowest BCUT2D eigenvalue weighted by Crippen LogP contribution is -2.44. The summed E-state index contributed by atoms with van der Waals surface area (Å²) < 4.78 is 0. The Morgan fingerprint density at radius 2 is 2.19 bits per heavy atom.